The van der Waals surface area contributed by atoms with E-state index in [1.165, 1.54) is 0 Å². The lowest BCUT2D eigenvalue weighted by molar-refractivity contribution is -0.138. The van der Waals surface area contributed by atoms with Gasteiger partial charge in [-0.05, 0) is 35.2 Å². The number of fused-ring (bicyclic) bond motifs is 1. The molecular weight excluding hydrogens is 375 g/mol. The first-order chi connectivity index (χ1) is 13.3. The van der Waals surface area contributed by atoms with Crippen LogP contribution in [-0.4, -0.2) is 16.0 Å². The molecule has 0 radical (unpaired) electrons. The van der Waals surface area contributed by atoms with Crippen LogP contribution in [0.2, 0.25) is 0 Å². The fourth-order valence-electron chi connectivity index (χ4n) is 3.42. The molecule has 3 aromatic rings. The summed E-state index contributed by atoms with van der Waals surface area (Å²) in [6, 6.07) is 22.2. The molecule has 0 aliphatic heterocycles. The van der Waals surface area contributed by atoms with E-state index in [0.717, 1.165) is 10.8 Å². The molecule has 0 aromatic heterocycles. The molecule has 0 amide bonds. The van der Waals surface area contributed by atoms with Crippen molar-refractivity contribution in [2.24, 2.45) is 0 Å². The van der Waals surface area contributed by atoms with Gasteiger partial charge in [0.05, 0.1) is 6.16 Å². The van der Waals surface area contributed by atoms with Crippen LogP contribution in [0.25, 0.3) is 10.8 Å². The third-order valence-electron chi connectivity index (χ3n) is 4.74. The first-order valence-electron chi connectivity index (χ1n) is 9.06. The predicted molar refractivity (Wildman–Crippen MR) is 109 cm³/mol. The largest absolute Gasteiger partial charge is 0.481 e. The number of carbonyl (C=O) groups is 1. The molecule has 6 heteroatoms. The Balaban J connectivity index is 2.00. The zero-order valence-corrected chi connectivity index (χ0v) is 16.5. The monoisotopic (exact) mass is 398 g/mol. The highest BCUT2D eigenvalue weighted by molar-refractivity contribution is 7.52. The normalized spacial score (nSPS) is 15.6. The number of carboxylic acid groups (broad SMARTS) is 1. The van der Waals surface area contributed by atoms with Crippen LogP contribution in [0.5, 0.6) is 0 Å². The average molecular weight is 398 g/mol. The predicted octanol–water partition coefficient (Wildman–Crippen LogP) is 5.32. The number of carboxylic acids is 1. The summed E-state index contributed by atoms with van der Waals surface area (Å²) in [6.07, 6.45) is -0.234. The van der Waals surface area contributed by atoms with Gasteiger partial charge in [0.1, 0.15) is 5.60 Å². The van der Waals surface area contributed by atoms with Crippen molar-refractivity contribution in [2.75, 3.05) is 0 Å². The molecule has 2 atom stereocenters. The zero-order chi connectivity index (χ0) is 20.2. The van der Waals surface area contributed by atoms with Gasteiger partial charge >= 0.3 is 13.6 Å². The van der Waals surface area contributed by atoms with E-state index >= 15 is 0 Å². The van der Waals surface area contributed by atoms with E-state index in [1.807, 2.05) is 48.5 Å². The highest BCUT2D eigenvalue weighted by atomic mass is 31.2. The van der Waals surface area contributed by atoms with Crippen molar-refractivity contribution >= 4 is 24.3 Å². The summed E-state index contributed by atoms with van der Waals surface area (Å²) < 4.78 is 18.8. The number of hydrogen-bond donors (Lipinski definition) is 2. The minimum Gasteiger partial charge on any atom is -0.481 e. The molecule has 2 unspecified atom stereocenters. The van der Waals surface area contributed by atoms with Gasteiger partial charge in [0, 0.05) is 6.42 Å². The Bertz CT molecular complexity index is 1010. The van der Waals surface area contributed by atoms with Crippen molar-refractivity contribution in [3.8, 4) is 0 Å². The van der Waals surface area contributed by atoms with Crippen LogP contribution >= 0.6 is 7.60 Å². The first-order valence-corrected chi connectivity index (χ1v) is 10.8. The molecule has 2 N–H and O–H groups in total. The van der Waals surface area contributed by atoms with Crippen LogP contribution in [0, 0.1) is 0 Å². The Morgan fingerprint density at radius 1 is 1.00 bits per heavy atom. The Kier molecular flexibility index (Phi) is 5.99. The van der Waals surface area contributed by atoms with Crippen LogP contribution in [0.4, 0.5) is 0 Å². The van der Waals surface area contributed by atoms with Crippen LogP contribution in [-0.2, 0) is 25.6 Å². The first kappa shape index (κ1) is 20.3. The Morgan fingerprint density at radius 2 is 1.64 bits per heavy atom. The SMILES string of the molecule is CC(CCC(=O)O)(OP(=O)(O)Cc1ccccc1)c1cccc2ccccc12. The van der Waals surface area contributed by atoms with E-state index in [2.05, 4.69) is 0 Å². The molecular formula is C22H23O5P. The van der Waals surface area contributed by atoms with E-state index in [1.54, 1.807) is 31.2 Å². The maximum Gasteiger partial charge on any atom is 0.333 e. The number of benzene rings is 3. The van der Waals surface area contributed by atoms with Crippen molar-refractivity contribution in [1.29, 1.82) is 0 Å². The third kappa shape index (κ3) is 4.87. The van der Waals surface area contributed by atoms with E-state index in [0.29, 0.717) is 11.1 Å². The van der Waals surface area contributed by atoms with Crippen LogP contribution < -0.4 is 0 Å². The van der Waals surface area contributed by atoms with Gasteiger partial charge in [0.15, 0.2) is 0 Å². The molecule has 3 aromatic carbocycles. The van der Waals surface area contributed by atoms with Gasteiger partial charge in [0.25, 0.3) is 0 Å². The lowest BCUT2D eigenvalue weighted by atomic mass is 9.87. The average Bonchev–Trinajstić information content (AvgIpc) is 2.66. The zero-order valence-electron chi connectivity index (χ0n) is 15.6. The molecule has 0 aliphatic carbocycles. The summed E-state index contributed by atoms with van der Waals surface area (Å²) in [4.78, 5) is 21.8. The molecule has 0 saturated carbocycles. The van der Waals surface area contributed by atoms with Crippen LogP contribution in [0.1, 0.15) is 30.9 Å². The van der Waals surface area contributed by atoms with Gasteiger partial charge in [-0.2, -0.15) is 0 Å². The molecule has 0 bridgehead atoms. The minimum absolute atomic E-state index is 0.0790. The standard InChI is InChI=1S/C22H23O5P/c1-22(15-14-21(23)24,20-13-7-11-18-10-5-6-12-19(18)20)27-28(25,26)16-17-8-3-2-4-9-17/h2-13H,14-16H2,1H3,(H,23,24)(H,25,26). The summed E-state index contributed by atoms with van der Waals surface area (Å²) in [6.45, 7) is 1.69. The molecule has 3 rings (SSSR count). The molecule has 146 valence electrons. The molecule has 5 nitrogen and oxygen atoms in total. The number of aliphatic carboxylic acids is 1. The topological polar surface area (TPSA) is 83.8 Å². The Morgan fingerprint density at radius 3 is 2.36 bits per heavy atom. The van der Waals surface area contributed by atoms with Crippen molar-refractivity contribution in [1.82, 2.24) is 0 Å². The number of rotatable bonds is 8. The summed E-state index contributed by atoms with van der Waals surface area (Å²) in [7, 11) is -4.03. The third-order valence-corrected chi connectivity index (χ3v) is 6.20. The van der Waals surface area contributed by atoms with Crippen molar-refractivity contribution in [3.63, 3.8) is 0 Å². The van der Waals surface area contributed by atoms with Crippen molar-refractivity contribution in [3.05, 3.63) is 83.9 Å². The van der Waals surface area contributed by atoms with E-state index < -0.39 is 19.2 Å². The van der Waals surface area contributed by atoms with Crippen LogP contribution in [0.15, 0.2) is 72.8 Å². The van der Waals surface area contributed by atoms with Crippen molar-refractivity contribution in [2.45, 2.75) is 31.5 Å². The fourth-order valence-corrected chi connectivity index (χ4v) is 4.98. The van der Waals surface area contributed by atoms with Crippen molar-refractivity contribution < 1.29 is 23.9 Å². The second-order valence-electron chi connectivity index (χ2n) is 7.02. The highest BCUT2D eigenvalue weighted by Gasteiger charge is 2.37. The van der Waals surface area contributed by atoms with E-state index in [9.17, 15) is 19.4 Å². The van der Waals surface area contributed by atoms with Crippen LogP contribution in [0.3, 0.4) is 0 Å². The molecule has 0 aliphatic rings. The molecule has 28 heavy (non-hydrogen) atoms. The van der Waals surface area contributed by atoms with Gasteiger partial charge in [0.2, 0.25) is 0 Å². The lowest BCUT2D eigenvalue weighted by Gasteiger charge is -2.33. The summed E-state index contributed by atoms with van der Waals surface area (Å²) in [5, 5.41) is 11.0. The summed E-state index contributed by atoms with van der Waals surface area (Å²) in [5.41, 5.74) is 0.166. The summed E-state index contributed by atoms with van der Waals surface area (Å²) in [5.74, 6) is -0.981. The van der Waals surface area contributed by atoms with E-state index in [4.69, 9.17) is 4.52 Å². The van der Waals surface area contributed by atoms with Gasteiger partial charge in [-0.15, -0.1) is 0 Å². The Labute approximate surface area is 164 Å². The molecule has 0 spiro atoms. The van der Waals surface area contributed by atoms with Gasteiger partial charge in [-0.3, -0.25) is 13.9 Å². The molecule has 0 saturated heterocycles. The smallest absolute Gasteiger partial charge is 0.333 e. The highest BCUT2D eigenvalue weighted by Crippen LogP contribution is 2.53. The lowest BCUT2D eigenvalue weighted by Crippen LogP contribution is -2.26. The molecule has 0 heterocycles. The van der Waals surface area contributed by atoms with Gasteiger partial charge in [-0.25, -0.2) is 0 Å². The number of hydrogen-bond acceptors (Lipinski definition) is 3. The second kappa shape index (κ2) is 8.27. The second-order valence-corrected chi connectivity index (χ2v) is 8.80. The van der Waals surface area contributed by atoms with E-state index in [-0.39, 0.29) is 19.0 Å². The fraction of sp³-hybridized carbons (Fsp3) is 0.227. The quantitative estimate of drug-likeness (QED) is 0.502. The maximum atomic E-state index is 12.9. The van der Waals surface area contributed by atoms with Gasteiger partial charge in [-0.1, -0.05) is 72.8 Å². The maximum absolute atomic E-state index is 12.9. The summed E-state index contributed by atoms with van der Waals surface area (Å²) >= 11 is 0. The molecule has 0 fully saturated rings. The van der Waals surface area contributed by atoms with Gasteiger partial charge < -0.3 is 10.00 Å². The minimum atomic E-state index is -4.03. The Hall–Kier alpha value is -2.46.